The molecule has 3 heteroatoms. The smallest absolute Gasteiger partial charge is 0.0230 e. The lowest BCUT2D eigenvalue weighted by atomic mass is 10.1. The minimum absolute atomic E-state index is 0.630. The van der Waals surface area contributed by atoms with Gasteiger partial charge in [-0.1, -0.05) is 24.3 Å². The van der Waals surface area contributed by atoms with Gasteiger partial charge in [-0.2, -0.15) is 0 Å². The Balaban J connectivity index is 1.84. The lowest BCUT2D eigenvalue weighted by Crippen LogP contribution is -2.27. The molecule has 0 amide bonds. The summed E-state index contributed by atoms with van der Waals surface area (Å²) in [6.45, 7) is 5.34. The average Bonchev–Trinajstić information content (AvgIpc) is 2.74. The second-order valence-electron chi connectivity index (χ2n) is 5.64. The van der Waals surface area contributed by atoms with E-state index in [1.165, 1.54) is 37.2 Å². The Hall–Kier alpha value is -0.900. The van der Waals surface area contributed by atoms with E-state index in [1.54, 1.807) is 0 Å². The highest BCUT2D eigenvalue weighted by molar-refractivity contribution is 5.23. The molecule has 1 aliphatic rings. The molecule has 1 aliphatic heterocycles. The third-order valence-corrected chi connectivity index (χ3v) is 3.74. The number of nitrogens with two attached hydrogens (primary N) is 1. The molecule has 3 nitrogen and oxygen atoms in total. The Morgan fingerprint density at radius 2 is 2.17 bits per heavy atom. The van der Waals surface area contributed by atoms with Crippen molar-refractivity contribution in [2.45, 2.75) is 19.5 Å². The van der Waals surface area contributed by atoms with Gasteiger partial charge < -0.3 is 15.5 Å². The van der Waals surface area contributed by atoms with Crippen LogP contribution < -0.4 is 5.73 Å². The summed E-state index contributed by atoms with van der Waals surface area (Å²) >= 11 is 0. The minimum Gasteiger partial charge on any atom is -0.326 e. The summed E-state index contributed by atoms with van der Waals surface area (Å²) in [5.41, 5.74) is 8.27. The van der Waals surface area contributed by atoms with Crippen molar-refractivity contribution in [2.24, 2.45) is 11.7 Å². The summed E-state index contributed by atoms with van der Waals surface area (Å²) < 4.78 is 0. The fraction of sp³-hybridized carbons (Fsp3) is 0.600. The fourth-order valence-corrected chi connectivity index (χ4v) is 2.85. The van der Waals surface area contributed by atoms with E-state index >= 15 is 0 Å². The van der Waals surface area contributed by atoms with Gasteiger partial charge in [0.25, 0.3) is 0 Å². The highest BCUT2D eigenvalue weighted by Gasteiger charge is 2.20. The van der Waals surface area contributed by atoms with Gasteiger partial charge in [-0.05, 0) is 44.1 Å². The first kappa shape index (κ1) is 13.5. The molecule has 0 spiro atoms. The Bertz CT molecular complexity index is 378. The van der Waals surface area contributed by atoms with E-state index in [0.29, 0.717) is 6.54 Å². The lowest BCUT2D eigenvalue weighted by molar-refractivity contribution is 0.267. The first-order valence-electron chi connectivity index (χ1n) is 6.82. The van der Waals surface area contributed by atoms with Crippen LogP contribution in [0.1, 0.15) is 17.5 Å². The van der Waals surface area contributed by atoms with E-state index in [4.69, 9.17) is 5.73 Å². The second kappa shape index (κ2) is 6.32. The predicted octanol–water partition coefficient (Wildman–Crippen LogP) is 1.53. The van der Waals surface area contributed by atoms with Gasteiger partial charge in [-0.25, -0.2) is 0 Å². The number of nitrogens with zero attached hydrogens (tertiary/aromatic N) is 2. The predicted molar refractivity (Wildman–Crippen MR) is 76.3 cm³/mol. The summed E-state index contributed by atoms with van der Waals surface area (Å²) in [5, 5.41) is 0. The maximum Gasteiger partial charge on any atom is 0.0230 e. The largest absolute Gasteiger partial charge is 0.326 e. The van der Waals surface area contributed by atoms with Crippen molar-refractivity contribution in [3.05, 3.63) is 35.4 Å². The van der Waals surface area contributed by atoms with Crippen LogP contribution >= 0.6 is 0 Å². The number of benzene rings is 1. The van der Waals surface area contributed by atoms with Crippen LogP contribution in [0, 0.1) is 5.92 Å². The monoisotopic (exact) mass is 247 g/mol. The Morgan fingerprint density at radius 3 is 2.83 bits per heavy atom. The molecular formula is C15H25N3. The lowest BCUT2D eigenvalue weighted by Gasteiger charge is -2.21. The van der Waals surface area contributed by atoms with Crippen molar-refractivity contribution in [1.82, 2.24) is 9.80 Å². The third kappa shape index (κ3) is 3.80. The van der Waals surface area contributed by atoms with Gasteiger partial charge >= 0.3 is 0 Å². The van der Waals surface area contributed by atoms with Crippen LogP contribution in [-0.4, -0.2) is 43.5 Å². The van der Waals surface area contributed by atoms with Gasteiger partial charge in [0.1, 0.15) is 0 Å². The molecule has 0 radical (unpaired) electrons. The van der Waals surface area contributed by atoms with Crippen molar-refractivity contribution in [3.63, 3.8) is 0 Å². The normalized spacial score (nSPS) is 20.8. The fourth-order valence-electron chi connectivity index (χ4n) is 2.85. The molecule has 0 bridgehead atoms. The molecule has 1 atom stereocenters. The van der Waals surface area contributed by atoms with Crippen LogP contribution in [0.2, 0.25) is 0 Å². The van der Waals surface area contributed by atoms with Crippen LogP contribution in [0.15, 0.2) is 24.3 Å². The van der Waals surface area contributed by atoms with E-state index in [1.807, 2.05) is 0 Å². The third-order valence-electron chi connectivity index (χ3n) is 3.74. The first-order valence-corrected chi connectivity index (χ1v) is 6.82. The molecule has 0 saturated carbocycles. The van der Waals surface area contributed by atoms with E-state index < -0.39 is 0 Å². The highest BCUT2D eigenvalue weighted by atomic mass is 15.1. The van der Waals surface area contributed by atoms with E-state index in [9.17, 15) is 0 Å². The van der Waals surface area contributed by atoms with Gasteiger partial charge in [0, 0.05) is 26.2 Å². The SMILES string of the molecule is CN1CCC(CN(C)Cc2cccc(CN)c2)C1. The molecule has 1 aromatic rings. The van der Waals surface area contributed by atoms with Crippen LogP contribution in [0.5, 0.6) is 0 Å². The van der Waals surface area contributed by atoms with E-state index in [0.717, 1.165) is 12.5 Å². The second-order valence-corrected chi connectivity index (χ2v) is 5.64. The highest BCUT2D eigenvalue weighted by Crippen LogP contribution is 2.16. The summed E-state index contributed by atoms with van der Waals surface area (Å²) in [6.07, 6.45) is 1.34. The standard InChI is InChI=1S/C15H25N3/c1-17-7-6-15(11-17)12-18(2)10-14-5-3-4-13(8-14)9-16/h3-5,8,15H,6-7,9-12,16H2,1-2H3. The Labute approximate surface area is 111 Å². The molecule has 100 valence electrons. The summed E-state index contributed by atoms with van der Waals surface area (Å²) in [4.78, 5) is 4.85. The zero-order valence-electron chi connectivity index (χ0n) is 11.6. The van der Waals surface area contributed by atoms with Crippen LogP contribution in [0.3, 0.4) is 0 Å². The average molecular weight is 247 g/mol. The van der Waals surface area contributed by atoms with Gasteiger partial charge in [-0.15, -0.1) is 0 Å². The molecule has 18 heavy (non-hydrogen) atoms. The minimum atomic E-state index is 0.630. The van der Waals surface area contributed by atoms with Crippen molar-refractivity contribution in [1.29, 1.82) is 0 Å². The van der Waals surface area contributed by atoms with Crippen LogP contribution in [0.4, 0.5) is 0 Å². The first-order chi connectivity index (χ1) is 8.67. The van der Waals surface area contributed by atoms with E-state index in [2.05, 4.69) is 48.2 Å². The molecular weight excluding hydrogens is 222 g/mol. The van der Waals surface area contributed by atoms with Crippen molar-refractivity contribution in [2.75, 3.05) is 33.7 Å². The van der Waals surface area contributed by atoms with Crippen molar-refractivity contribution in [3.8, 4) is 0 Å². The van der Waals surface area contributed by atoms with Crippen LogP contribution in [-0.2, 0) is 13.1 Å². The summed E-state index contributed by atoms with van der Waals surface area (Å²) in [5.74, 6) is 0.831. The molecule has 1 fully saturated rings. The molecule has 1 unspecified atom stereocenters. The Morgan fingerprint density at radius 1 is 1.39 bits per heavy atom. The summed E-state index contributed by atoms with van der Waals surface area (Å²) in [6, 6.07) is 8.61. The van der Waals surface area contributed by atoms with Gasteiger partial charge in [-0.3, -0.25) is 0 Å². The number of hydrogen-bond acceptors (Lipinski definition) is 3. The van der Waals surface area contributed by atoms with E-state index in [-0.39, 0.29) is 0 Å². The van der Waals surface area contributed by atoms with Crippen molar-refractivity contribution < 1.29 is 0 Å². The summed E-state index contributed by atoms with van der Waals surface area (Å²) in [7, 11) is 4.43. The molecule has 2 rings (SSSR count). The van der Waals surface area contributed by atoms with Crippen molar-refractivity contribution >= 4 is 0 Å². The molecule has 1 aromatic carbocycles. The number of hydrogen-bond donors (Lipinski definition) is 1. The van der Waals surface area contributed by atoms with Gasteiger partial charge in [0.2, 0.25) is 0 Å². The molecule has 2 N–H and O–H groups in total. The zero-order valence-corrected chi connectivity index (χ0v) is 11.6. The quantitative estimate of drug-likeness (QED) is 0.856. The topological polar surface area (TPSA) is 32.5 Å². The molecule has 1 saturated heterocycles. The zero-order chi connectivity index (χ0) is 13.0. The maximum absolute atomic E-state index is 5.68. The number of rotatable bonds is 5. The Kier molecular flexibility index (Phi) is 4.75. The van der Waals surface area contributed by atoms with Crippen LogP contribution in [0.25, 0.3) is 0 Å². The maximum atomic E-state index is 5.68. The van der Waals surface area contributed by atoms with Gasteiger partial charge in [0.05, 0.1) is 0 Å². The molecule has 1 heterocycles. The molecule has 0 aromatic heterocycles. The van der Waals surface area contributed by atoms with Gasteiger partial charge in [0.15, 0.2) is 0 Å². The molecule has 0 aliphatic carbocycles. The number of likely N-dealkylation sites (tertiary alicyclic amines) is 1.